The molecule has 180 valence electrons. The SMILES string of the molecule is CCCCCNC(=O)C(c1ccccc1)N(C)C(=O)C(NC(=O)OC(C)(C)C)C(C)CC. The third-order valence-electron chi connectivity index (χ3n) is 5.33. The average molecular weight is 448 g/mol. The van der Waals surface area contributed by atoms with Gasteiger partial charge in [0.2, 0.25) is 11.8 Å². The van der Waals surface area contributed by atoms with Gasteiger partial charge in [-0.05, 0) is 38.7 Å². The Balaban J connectivity index is 3.12. The van der Waals surface area contributed by atoms with Crippen LogP contribution in [0.1, 0.15) is 78.8 Å². The predicted molar refractivity (Wildman–Crippen MR) is 127 cm³/mol. The number of alkyl carbamates (subject to hydrolysis) is 1. The van der Waals surface area contributed by atoms with Crippen molar-refractivity contribution in [2.45, 2.75) is 84.9 Å². The summed E-state index contributed by atoms with van der Waals surface area (Å²) in [5.74, 6) is -0.701. The predicted octanol–water partition coefficient (Wildman–Crippen LogP) is 4.43. The zero-order valence-electron chi connectivity index (χ0n) is 20.7. The highest BCUT2D eigenvalue weighted by Gasteiger charge is 2.36. The minimum absolute atomic E-state index is 0.137. The Morgan fingerprint density at radius 3 is 2.22 bits per heavy atom. The van der Waals surface area contributed by atoms with Crippen LogP contribution in [0.5, 0.6) is 0 Å². The molecular formula is C25H41N3O4. The van der Waals surface area contributed by atoms with Gasteiger partial charge in [-0.1, -0.05) is 70.4 Å². The molecule has 3 atom stereocenters. The number of hydrogen-bond acceptors (Lipinski definition) is 4. The lowest BCUT2D eigenvalue weighted by atomic mass is 9.96. The Morgan fingerprint density at radius 1 is 1.06 bits per heavy atom. The van der Waals surface area contributed by atoms with Crippen LogP contribution in [0.4, 0.5) is 4.79 Å². The molecule has 0 aromatic heterocycles. The van der Waals surface area contributed by atoms with Crippen LogP contribution in [0.15, 0.2) is 30.3 Å². The topological polar surface area (TPSA) is 87.7 Å². The van der Waals surface area contributed by atoms with Crippen LogP contribution in [0, 0.1) is 5.92 Å². The van der Waals surface area contributed by atoms with E-state index in [1.807, 2.05) is 44.2 Å². The van der Waals surface area contributed by atoms with Crippen molar-refractivity contribution in [3.05, 3.63) is 35.9 Å². The maximum Gasteiger partial charge on any atom is 0.408 e. The minimum Gasteiger partial charge on any atom is -0.444 e. The minimum atomic E-state index is -0.807. The third kappa shape index (κ3) is 8.89. The number of hydrogen-bond donors (Lipinski definition) is 2. The smallest absolute Gasteiger partial charge is 0.408 e. The molecule has 32 heavy (non-hydrogen) atoms. The Kier molecular flexibility index (Phi) is 11.2. The summed E-state index contributed by atoms with van der Waals surface area (Å²) in [4.78, 5) is 40.5. The van der Waals surface area contributed by atoms with Crippen molar-refractivity contribution in [2.75, 3.05) is 13.6 Å². The number of unbranched alkanes of at least 4 members (excludes halogenated alkanes) is 2. The van der Waals surface area contributed by atoms with Crippen LogP contribution >= 0.6 is 0 Å². The maximum atomic E-state index is 13.5. The van der Waals surface area contributed by atoms with Crippen LogP contribution in [-0.2, 0) is 14.3 Å². The molecule has 3 amide bonds. The largest absolute Gasteiger partial charge is 0.444 e. The molecule has 0 aliphatic heterocycles. The van der Waals surface area contributed by atoms with Crippen molar-refractivity contribution in [2.24, 2.45) is 5.92 Å². The van der Waals surface area contributed by atoms with E-state index in [1.165, 1.54) is 4.90 Å². The van der Waals surface area contributed by atoms with Crippen molar-refractivity contribution in [1.82, 2.24) is 15.5 Å². The second kappa shape index (κ2) is 13.1. The van der Waals surface area contributed by atoms with E-state index >= 15 is 0 Å². The quantitative estimate of drug-likeness (QED) is 0.491. The lowest BCUT2D eigenvalue weighted by molar-refractivity contribution is -0.141. The Labute approximate surface area is 193 Å². The number of benzene rings is 1. The van der Waals surface area contributed by atoms with Gasteiger partial charge in [0.25, 0.3) is 0 Å². The molecule has 0 fully saturated rings. The zero-order valence-corrected chi connectivity index (χ0v) is 20.7. The monoisotopic (exact) mass is 447 g/mol. The van der Waals surface area contributed by atoms with Gasteiger partial charge in [-0.2, -0.15) is 0 Å². The molecule has 0 bridgehead atoms. The molecule has 0 aliphatic carbocycles. The summed E-state index contributed by atoms with van der Waals surface area (Å²) in [7, 11) is 1.61. The van der Waals surface area contributed by atoms with Crippen LogP contribution in [0.3, 0.4) is 0 Å². The van der Waals surface area contributed by atoms with Crippen molar-refractivity contribution in [1.29, 1.82) is 0 Å². The fourth-order valence-corrected chi connectivity index (χ4v) is 3.33. The van der Waals surface area contributed by atoms with Crippen molar-refractivity contribution < 1.29 is 19.1 Å². The van der Waals surface area contributed by atoms with Crippen LogP contribution < -0.4 is 10.6 Å². The van der Waals surface area contributed by atoms with Crippen LogP contribution in [-0.4, -0.2) is 48.0 Å². The number of likely N-dealkylation sites (N-methyl/N-ethyl adjacent to an activating group) is 1. The molecule has 0 aliphatic rings. The summed E-state index contributed by atoms with van der Waals surface area (Å²) < 4.78 is 5.36. The summed E-state index contributed by atoms with van der Waals surface area (Å²) in [6, 6.07) is 7.62. The first-order chi connectivity index (χ1) is 15.0. The summed E-state index contributed by atoms with van der Waals surface area (Å²) in [5.41, 5.74) is 0.0424. The van der Waals surface area contributed by atoms with Gasteiger partial charge in [0.15, 0.2) is 0 Å². The molecule has 1 aromatic carbocycles. The van der Waals surface area contributed by atoms with E-state index in [4.69, 9.17) is 4.74 Å². The van der Waals surface area contributed by atoms with E-state index in [0.717, 1.165) is 24.8 Å². The first-order valence-corrected chi connectivity index (χ1v) is 11.6. The van der Waals surface area contributed by atoms with Gasteiger partial charge >= 0.3 is 6.09 Å². The second-order valence-corrected chi connectivity index (χ2v) is 9.27. The molecule has 0 saturated heterocycles. The number of ether oxygens (including phenoxy) is 1. The molecule has 2 N–H and O–H groups in total. The first kappa shape index (κ1) is 27.5. The Hall–Kier alpha value is -2.57. The molecule has 1 rings (SSSR count). The van der Waals surface area contributed by atoms with Gasteiger partial charge in [0.1, 0.15) is 17.7 Å². The molecule has 0 radical (unpaired) electrons. The van der Waals surface area contributed by atoms with E-state index in [9.17, 15) is 14.4 Å². The molecule has 0 saturated carbocycles. The summed E-state index contributed by atoms with van der Waals surface area (Å²) >= 11 is 0. The first-order valence-electron chi connectivity index (χ1n) is 11.6. The van der Waals surface area contributed by atoms with E-state index in [0.29, 0.717) is 13.0 Å². The molecule has 3 unspecified atom stereocenters. The highest BCUT2D eigenvalue weighted by Crippen LogP contribution is 2.23. The van der Waals surface area contributed by atoms with Gasteiger partial charge in [0.05, 0.1) is 0 Å². The number of carbonyl (C=O) groups is 3. The van der Waals surface area contributed by atoms with Gasteiger partial charge < -0.3 is 20.3 Å². The molecule has 0 heterocycles. The molecule has 0 spiro atoms. The molecule has 7 nitrogen and oxygen atoms in total. The summed E-state index contributed by atoms with van der Waals surface area (Å²) in [5, 5.41) is 5.69. The highest BCUT2D eigenvalue weighted by atomic mass is 16.6. The highest BCUT2D eigenvalue weighted by molar-refractivity contribution is 5.92. The maximum absolute atomic E-state index is 13.5. The zero-order chi connectivity index (χ0) is 24.3. The fourth-order valence-electron chi connectivity index (χ4n) is 3.33. The number of rotatable bonds is 11. The number of carbonyl (C=O) groups excluding carboxylic acids is 3. The van der Waals surface area contributed by atoms with E-state index < -0.39 is 23.8 Å². The van der Waals surface area contributed by atoms with Gasteiger partial charge in [-0.15, -0.1) is 0 Å². The van der Waals surface area contributed by atoms with Crippen LogP contribution in [0.2, 0.25) is 0 Å². The number of nitrogens with zero attached hydrogens (tertiary/aromatic N) is 1. The lowest BCUT2D eigenvalue weighted by Gasteiger charge is -2.33. The van der Waals surface area contributed by atoms with Crippen molar-refractivity contribution in [3.63, 3.8) is 0 Å². The third-order valence-corrected chi connectivity index (χ3v) is 5.33. The van der Waals surface area contributed by atoms with E-state index in [-0.39, 0.29) is 17.7 Å². The number of amides is 3. The lowest BCUT2D eigenvalue weighted by Crippen LogP contribution is -2.54. The second-order valence-electron chi connectivity index (χ2n) is 9.27. The summed E-state index contributed by atoms with van der Waals surface area (Å²) in [6.45, 7) is 11.8. The van der Waals surface area contributed by atoms with E-state index in [2.05, 4.69) is 17.6 Å². The van der Waals surface area contributed by atoms with Gasteiger partial charge in [0, 0.05) is 13.6 Å². The van der Waals surface area contributed by atoms with Crippen LogP contribution in [0.25, 0.3) is 0 Å². The molecular weight excluding hydrogens is 406 g/mol. The normalized spacial score (nSPS) is 14.1. The fraction of sp³-hybridized carbons (Fsp3) is 0.640. The molecule has 7 heteroatoms. The standard InChI is InChI=1S/C25H41N3O4/c1-8-10-14-17-26-22(29)21(19-15-12-11-13-16-19)28(7)23(30)20(18(3)9-2)27-24(31)32-25(4,5)6/h11-13,15-16,18,20-21H,8-10,14,17H2,1-7H3,(H,26,29)(H,27,31). The summed E-state index contributed by atoms with van der Waals surface area (Å²) in [6.07, 6.45) is 3.01. The Bertz CT molecular complexity index is 730. The van der Waals surface area contributed by atoms with Gasteiger partial charge in [-0.25, -0.2) is 4.79 Å². The van der Waals surface area contributed by atoms with Crippen molar-refractivity contribution >= 4 is 17.9 Å². The molecule has 1 aromatic rings. The average Bonchev–Trinajstić information content (AvgIpc) is 2.73. The Morgan fingerprint density at radius 2 is 1.69 bits per heavy atom. The van der Waals surface area contributed by atoms with E-state index in [1.54, 1.807) is 27.8 Å². The van der Waals surface area contributed by atoms with Gasteiger partial charge in [-0.3, -0.25) is 9.59 Å². The number of nitrogens with one attached hydrogen (secondary N) is 2. The van der Waals surface area contributed by atoms with Crippen molar-refractivity contribution in [3.8, 4) is 0 Å².